The van der Waals surface area contributed by atoms with Crippen LogP contribution in [0.2, 0.25) is 0 Å². The van der Waals surface area contributed by atoms with Crippen molar-refractivity contribution in [3.05, 3.63) is 0 Å². The molecule has 0 aliphatic carbocycles. The third-order valence-electron chi connectivity index (χ3n) is 3.97. The first-order valence-electron chi connectivity index (χ1n) is 6.20. The highest BCUT2D eigenvalue weighted by Crippen LogP contribution is 2.28. The second-order valence-electron chi connectivity index (χ2n) is 4.92. The summed E-state index contributed by atoms with van der Waals surface area (Å²) < 4.78 is 0. The minimum Gasteiger partial charge on any atom is -0.350 e. The number of hydrogen-bond donors (Lipinski definition) is 2. The van der Waals surface area contributed by atoms with Gasteiger partial charge < -0.3 is 5.32 Å². The molecule has 3 unspecified atom stereocenters. The molecule has 3 fully saturated rings. The van der Waals surface area contributed by atoms with Crippen molar-refractivity contribution in [3.8, 4) is 0 Å². The zero-order valence-electron chi connectivity index (χ0n) is 9.45. The van der Waals surface area contributed by atoms with Gasteiger partial charge in [0.05, 0.1) is 6.04 Å². The van der Waals surface area contributed by atoms with E-state index in [1.807, 2.05) is 0 Å². The maximum Gasteiger partial charge on any atom is 0.238 e. The van der Waals surface area contributed by atoms with E-state index in [-0.39, 0.29) is 11.9 Å². The molecule has 0 aromatic rings. The molecule has 16 heavy (non-hydrogen) atoms. The van der Waals surface area contributed by atoms with Crippen molar-refractivity contribution in [3.63, 3.8) is 0 Å². The van der Waals surface area contributed by atoms with Gasteiger partial charge in [0.2, 0.25) is 5.91 Å². The fourth-order valence-electron chi connectivity index (χ4n) is 3.10. The molecular weight excluding hydrogens is 222 g/mol. The Labute approximate surface area is 101 Å². The summed E-state index contributed by atoms with van der Waals surface area (Å²) in [6, 6.07) is 1.07. The van der Waals surface area contributed by atoms with Crippen molar-refractivity contribution in [1.29, 1.82) is 0 Å². The molecule has 3 aliphatic rings. The number of thioether (sulfide) groups is 1. The molecule has 3 saturated heterocycles. The van der Waals surface area contributed by atoms with E-state index in [1.54, 1.807) is 11.8 Å². The van der Waals surface area contributed by atoms with Crippen LogP contribution in [0.4, 0.5) is 0 Å². The van der Waals surface area contributed by atoms with Gasteiger partial charge in [0.25, 0.3) is 0 Å². The number of nitrogens with zero attached hydrogens (tertiary/aromatic N) is 1. The zero-order valence-corrected chi connectivity index (χ0v) is 10.3. The summed E-state index contributed by atoms with van der Waals surface area (Å²) in [4.78, 5) is 14.5. The molecule has 3 aliphatic heterocycles. The lowest BCUT2D eigenvalue weighted by molar-refractivity contribution is -0.123. The molecule has 2 N–H and O–H groups in total. The summed E-state index contributed by atoms with van der Waals surface area (Å²) >= 11 is 1.81. The molecule has 1 amide bonds. The summed E-state index contributed by atoms with van der Waals surface area (Å²) in [6.07, 6.45) is 3.70. The molecule has 3 rings (SSSR count). The molecule has 0 spiro atoms. The summed E-state index contributed by atoms with van der Waals surface area (Å²) in [5.74, 6) is 2.05. The molecule has 3 atom stereocenters. The maximum absolute atomic E-state index is 12.0. The first kappa shape index (κ1) is 10.9. The second kappa shape index (κ2) is 4.55. The number of rotatable bonds is 2. The molecule has 3 heterocycles. The Morgan fingerprint density at radius 2 is 2.31 bits per heavy atom. The predicted molar refractivity (Wildman–Crippen MR) is 65.4 cm³/mol. The molecule has 5 heteroatoms. The third-order valence-corrected chi connectivity index (χ3v) is 4.91. The number of fused-ring (bicyclic) bond motifs is 1. The van der Waals surface area contributed by atoms with Gasteiger partial charge in [-0.25, -0.2) is 0 Å². The van der Waals surface area contributed by atoms with Gasteiger partial charge in [-0.05, 0) is 25.8 Å². The van der Waals surface area contributed by atoms with Crippen molar-refractivity contribution >= 4 is 17.7 Å². The highest BCUT2D eigenvalue weighted by molar-refractivity contribution is 7.99. The van der Waals surface area contributed by atoms with E-state index in [0.717, 1.165) is 18.1 Å². The normalized spacial score (nSPS) is 38.9. The van der Waals surface area contributed by atoms with Crippen molar-refractivity contribution in [2.24, 2.45) is 0 Å². The Morgan fingerprint density at radius 3 is 3.12 bits per heavy atom. The first-order valence-corrected chi connectivity index (χ1v) is 7.35. The SMILES string of the molecule is O=C(NC1CCN2CCCC12)C1CSCN1. The van der Waals surface area contributed by atoms with Gasteiger partial charge in [0.15, 0.2) is 0 Å². The number of nitrogens with one attached hydrogen (secondary N) is 2. The monoisotopic (exact) mass is 241 g/mol. The lowest BCUT2D eigenvalue weighted by Crippen LogP contribution is -2.49. The van der Waals surface area contributed by atoms with Gasteiger partial charge in [-0.15, -0.1) is 11.8 Å². The van der Waals surface area contributed by atoms with Crippen LogP contribution in [-0.4, -0.2) is 53.7 Å². The number of amides is 1. The van der Waals surface area contributed by atoms with Crippen molar-refractivity contribution in [2.45, 2.75) is 37.4 Å². The standard InChI is InChI=1S/C11H19N3OS/c15-11(9-6-16-7-12-9)13-8-3-5-14-4-1-2-10(8)14/h8-10,12H,1-7H2,(H,13,15). The molecule has 90 valence electrons. The molecule has 0 aromatic heterocycles. The molecule has 0 radical (unpaired) electrons. The largest absolute Gasteiger partial charge is 0.350 e. The fourth-order valence-corrected chi connectivity index (χ4v) is 4.04. The predicted octanol–water partition coefficient (Wildman–Crippen LogP) is 0.00180. The Bertz CT molecular complexity index is 280. The van der Waals surface area contributed by atoms with E-state index in [2.05, 4.69) is 15.5 Å². The van der Waals surface area contributed by atoms with Gasteiger partial charge in [0.1, 0.15) is 0 Å². The Hall–Kier alpha value is -0.260. The highest BCUT2D eigenvalue weighted by atomic mass is 32.2. The lowest BCUT2D eigenvalue weighted by atomic mass is 10.1. The molecule has 0 bridgehead atoms. The van der Waals surface area contributed by atoms with E-state index < -0.39 is 0 Å². The number of hydrogen-bond acceptors (Lipinski definition) is 4. The van der Waals surface area contributed by atoms with Gasteiger partial charge in [-0.1, -0.05) is 0 Å². The summed E-state index contributed by atoms with van der Waals surface area (Å²) in [6.45, 7) is 2.40. The van der Waals surface area contributed by atoms with Gasteiger partial charge in [0, 0.05) is 30.3 Å². The van der Waals surface area contributed by atoms with Crippen LogP contribution in [0.15, 0.2) is 0 Å². The smallest absolute Gasteiger partial charge is 0.238 e. The Kier molecular flexibility index (Phi) is 3.09. The van der Waals surface area contributed by atoms with Crippen LogP contribution in [0.3, 0.4) is 0 Å². The topological polar surface area (TPSA) is 44.4 Å². The fraction of sp³-hybridized carbons (Fsp3) is 0.909. The zero-order chi connectivity index (χ0) is 11.0. The van der Waals surface area contributed by atoms with E-state index in [9.17, 15) is 4.79 Å². The van der Waals surface area contributed by atoms with Crippen molar-refractivity contribution < 1.29 is 4.79 Å². The van der Waals surface area contributed by atoms with Crippen LogP contribution in [0.25, 0.3) is 0 Å². The van der Waals surface area contributed by atoms with Gasteiger partial charge in [-0.2, -0.15) is 0 Å². The molecule has 4 nitrogen and oxygen atoms in total. The Balaban J connectivity index is 1.56. The van der Waals surface area contributed by atoms with Crippen molar-refractivity contribution in [1.82, 2.24) is 15.5 Å². The summed E-state index contributed by atoms with van der Waals surface area (Å²) in [7, 11) is 0. The van der Waals surface area contributed by atoms with Crippen molar-refractivity contribution in [2.75, 3.05) is 24.7 Å². The van der Waals surface area contributed by atoms with Gasteiger partial charge in [-0.3, -0.25) is 15.0 Å². The van der Waals surface area contributed by atoms with E-state index in [4.69, 9.17) is 0 Å². The average molecular weight is 241 g/mol. The lowest BCUT2D eigenvalue weighted by Gasteiger charge is -2.22. The average Bonchev–Trinajstić information content (AvgIpc) is 2.94. The minimum atomic E-state index is 0.0421. The summed E-state index contributed by atoms with van der Waals surface area (Å²) in [5.41, 5.74) is 0. The highest BCUT2D eigenvalue weighted by Gasteiger charge is 2.38. The van der Waals surface area contributed by atoms with Crippen LogP contribution in [-0.2, 0) is 4.79 Å². The minimum absolute atomic E-state index is 0.0421. The molecule has 0 saturated carbocycles. The van der Waals surface area contributed by atoms with Crippen LogP contribution < -0.4 is 10.6 Å². The maximum atomic E-state index is 12.0. The van der Waals surface area contributed by atoms with E-state index in [1.165, 1.54) is 25.9 Å². The van der Waals surface area contributed by atoms with Crippen LogP contribution in [0.1, 0.15) is 19.3 Å². The van der Waals surface area contributed by atoms with E-state index >= 15 is 0 Å². The summed E-state index contributed by atoms with van der Waals surface area (Å²) in [5, 5.41) is 6.46. The van der Waals surface area contributed by atoms with E-state index in [0.29, 0.717) is 12.1 Å². The quantitative estimate of drug-likeness (QED) is 0.714. The second-order valence-corrected chi connectivity index (χ2v) is 5.95. The molecular formula is C11H19N3OS. The first-order chi connectivity index (χ1) is 7.84. The molecule has 0 aromatic carbocycles. The number of carbonyl (C=O) groups excluding carboxylic acids is 1. The van der Waals surface area contributed by atoms with Crippen LogP contribution in [0, 0.1) is 0 Å². The Morgan fingerprint density at radius 1 is 1.38 bits per heavy atom. The third kappa shape index (κ3) is 1.96. The van der Waals surface area contributed by atoms with Gasteiger partial charge >= 0.3 is 0 Å². The number of carbonyl (C=O) groups is 1. The van der Waals surface area contributed by atoms with Crippen LogP contribution >= 0.6 is 11.8 Å². The van der Waals surface area contributed by atoms with Crippen LogP contribution in [0.5, 0.6) is 0 Å².